The SMILES string of the molecule is CC/C=C\C/C=C\C/C=C\C/C=C\C/C=C\CC(=O)NC(CO)C(O)/C=C/CC/C=C/CC/C=C/CCCCCCCCCCCCCCCCCCCCC. The van der Waals surface area contributed by atoms with Gasteiger partial charge in [-0.2, -0.15) is 0 Å². The number of amides is 1. The number of nitrogens with one attached hydrogen (secondary N) is 1. The van der Waals surface area contributed by atoms with E-state index in [1.807, 2.05) is 18.2 Å². The summed E-state index contributed by atoms with van der Waals surface area (Å²) in [6.45, 7) is 4.13. The van der Waals surface area contributed by atoms with Crippen LogP contribution < -0.4 is 5.32 Å². The van der Waals surface area contributed by atoms with Crippen molar-refractivity contribution in [3.05, 3.63) is 97.2 Å². The summed E-state index contributed by atoms with van der Waals surface area (Å²) in [4.78, 5) is 12.3. The first-order valence-electron chi connectivity index (χ1n) is 23.5. The topological polar surface area (TPSA) is 69.6 Å². The highest BCUT2D eigenvalue weighted by atomic mass is 16.3. The van der Waals surface area contributed by atoms with E-state index in [-0.39, 0.29) is 18.9 Å². The van der Waals surface area contributed by atoms with E-state index in [4.69, 9.17) is 0 Å². The summed E-state index contributed by atoms with van der Waals surface area (Å²) in [7, 11) is 0. The van der Waals surface area contributed by atoms with Crippen LogP contribution in [0.5, 0.6) is 0 Å². The lowest BCUT2D eigenvalue weighted by molar-refractivity contribution is -0.122. The molecule has 0 heterocycles. The predicted octanol–water partition coefficient (Wildman–Crippen LogP) is 15.0. The Morgan fingerprint density at radius 1 is 0.446 bits per heavy atom. The summed E-state index contributed by atoms with van der Waals surface area (Å²) in [6.07, 6.45) is 69.9. The Morgan fingerprint density at radius 3 is 1.21 bits per heavy atom. The molecule has 0 aromatic rings. The minimum atomic E-state index is -0.916. The predicted molar refractivity (Wildman–Crippen MR) is 248 cm³/mol. The van der Waals surface area contributed by atoms with E-state index in [1.165, 1.54) is 128 Å². The van der Waals surface area contributed by atoms with Gasteiger partial charge >= 0.3 is 0 Å². The lowest BCUT2D eigenvalue weighted by Gasteiger charge is -2.19. The minimum Gasteiger partial charge on any atom is -0.394 e. The van der Waals surface area contributed by atoms with E-state index < -0.39 is 12.1 Å². The van der Waals surface area contributed by atoms with E-state index in [2.05, 4.69) is 92.1 Å². The number of allylic oxidation sites excluding steroid dienone is 14. The van der Waals surface area contributed by atoms with Gasteiger partial charge in [0, 0.05) is 6.42 Å². The first-order chi connectivity index (χ1) is 27.7. The zero-order chi connectivity index (χ0) is 40.7. The molecule has 0 radical (unpaired) electrons. The van der Waals surface area contributed by atoms with E-state index in [0.29, 0.717) is 0 Å². The van der Waals surface area contributed by atoms with Gasteiger partial charge in [0.15, 0.2) is 0 Å². The van der Waals surface area contributed by atoms with Gasteiger partial charge in [-0.25, -0.2) is 0 Å². The average Bonchev–Trinajstić information content (AvgIpc) is 3.20. The van der Waals surface area contributed by atoms with Gasteiger partial charge in [-0.15, -0.1) is 0 Å². The van der Waals surface area contributed by atoms with Crippen molar-refractivity contribution in [2.75, 3.05) is 6.61 Å². The van der Waals surface area contributed by atoms with Crippen molar-refractivity contribution in [2.24, 2.45) is 0 Å². The van der Waals surface area contributed by atoms with Crippen LogP contribution in [0, 0.1) is 0 Å². The summed E-state index contributed by atoms with van der Waals surface area (Å²) >= 11 is 0. The number of carbonyl (C=O) groups excluding carboxylic acids is 1. The molecule has 0 aromatic carbocycles. The first-order valence-corrected chi connectivity index (χ1v) is 23.5. The Balaban J connectivity index is 3.69. The van der Waals surface area contributed by atoms with Crippen LogP contribution in [0.1, 0.15) is 206 Å². The molecule has 0 saturated carbocycles. The summed E-state index contributed by atoms with van der Waals surface area (Å²) in [5.74, 6) is -0.208. The molecule has 0 bridgehead atoms. The summed E-state index contributed by atoms with van der Waals surface area (Å²) in [5.41, 5.74) is 0. The molecule has 4 nitrogen and oxygen atoms in total. The fraction of sp³-hybridized carbons (Fsp3) is 0.673. The van der Waals surface area contributed by atoms with Crippen molar-refractivity contribution < 1.29 is 15.0 Å². The molecule has 0 spiro atoms. The molecule has 0 saturated heterocycles. The maximum Gasteiger partial charge on any atom is 0.224 e. The molecule has 0 aliphatic carbocycles. The monoisotopic (exact) mass is 776 g/mol. The van der Waals surface area contributed by atoms with Gasteiger partial charge in [-0.05, 0) is 70.6 Å². The molecule has 2 unspecified atom stereocenters. The average molecular weight is 776 g/mol. The van der Waals surface area contributed by atoms with E-state index in [1.54, 1.807) is 6.08 Å². The molecule has 56 heavy (non-hydrogen) atoms. The summed E-state index contributed by atoms with van der Waals surface area (Å²) < 4.78 is 0. The molecular weight excluding hydrogens is 687 g/mol. The third-order valence-electron chi connectivity index (χ3n) is 10.1. The van der Waals surface area contributed by atoms with Gasteiger partial charge in [-0.3, -0.25) is 4.79 Å². The van der Waals surface area contributed by atoms with Crippen molar-refractivity contribution in [3.8, 4) is 0 Å². The molecular formula is C52H89NO3. The van der Waals surface area contributed by atoms with E-state index in [0.717, 1.165) is 57.8 Å². The van der Waals surface area contributed by atoms with Crippen LogP contribution in [0.3, 0.4) is 0 Å². The fourth-order valence-electron chi connectivity index (χ4n) is 6.51. The first kappa shape index (κ1) is 53.3. The fourth-order valence-corrected chi connectivity index (χ4v) is 6.51. The van der Waals surface area contributed by atoms with E-state index in [9.17, 15) is 15.0 Å². The smallest absolute Gasteiger partial charge is 0.224 e. The van der Waals surface area contributed by atoms with Crippen LogP contribution in [0.4, 0.5) is 0 Å². The van der Waals surface area contributed by atoms with Gasteiger partial charge in [0.25, 0.3) is 0 Å². The lowest BCUT2D eigenvalue weighted by Crippen LogP contribution is -2.44. The molecule has 320 valence electrons. The Kier molecular flexibility index (Phi) is 44.4. The molecule has 0 rings (SSSR count). The maximum absolute atomic E-state index is 12.3. The third-order valence-corrected chi connectivity index (χ3v) is 10.1. The highest BCUT2D eigenvalue weighted by Gasteiger charge is 2.17. The van der Waals surface area contributed by atoms with Crippen LogP contribution in [-0.2, 0) is 4.79 Å². The maximum atomic E-state index is 12.3. The molecule has 0 aromatic heterocycles. The van der Waals surface area contributed by atoms with Crippen molar-refractivity contribution in [3.63, 3.8) is 0 Å². The van der Waals surface area contributed by atoms with Gasteiger partial charge in [-0.1, -0.05) is 227 Å². The number of unbranched alkanes of at least 4 members (excludes halogenated alkanes) is 21. The Morgan fingerprint density at radius 2 is 0.804 bits per heavy atom. The van der Waals surface area contributed by atoms with Crippen molar-refractivity contribution >= 4 is 5.91 Å². The molecule has 0 fully saturated rings. The standard InChI is InChI=1S/C52H89NO3/c1-3-5-7-9-11-13-15-17-19-20-21-22-23-24-25-26-27-28-29-30-31-32-34-35-37-39-41-43-45-47-51(55)50(49-54)53-52(56)48-46-44-42-40-38-36-33-18-16-14-12-10-8-6-4-2/h6,8,12,14,18,31-33,37-40,44-47,50-51,54-55H,3-5,7,9-11,13,15-17,19-30,34-36,41-43,48-49H2,1-2H3,(H,53,56)/b8-6-,14-12-,32-31+,33-18-,39-37+,40-38-,46-44-,47-45+. The highest BCUT2D eigenvalue weighted by molar-refractivity contribution is 5.77. The zero-order valence-electron chi connectivity index (χ0n) is 36.6. The van der Waals surface area contributed by atoms with Crippen LogP contribution in [-0.4, -0.2) is 34.9 Å². The van der Waals surface area contributed by atoms with Crippen LogP contribution >= 0.6 is 0 Å². The largest absolute Gasteiger partial charge is 0.394 e. The number of hydrogen-bond donors (Lipinski definition) is 3. The molecule has 0 aliphatic rings. The molecule has 0 aliphatic heterocycles. The van der Waals surface area contributed by atoms with Crippen molar-refractivity contribution in [2.45, 2.75) is 219 Å². The van der Waals surface area contributed by atoms with E-state index >= 15 is 0 Å². The Labute approximate surface area is 347 Å². The number of aliphatic hydroxyl groups is 2. The zero-order valence-corrected chi connectivity index (χ0v) is 36.6. The number of hydrogen-bond acceptors (Lipinski definition) is 3. The summed E-state index contributed by atoms with van der Waals surface area (Å²) in [5, 5.41) is 22.9. The Hall–Kier alpha value is -2.69. The van der Waals surface area contributed by atoms with Crippen LogP contribution in [0.15, 0.2) is 97.2 Å². The lowest BCUT2D eigenvalue weighted by atomic mass is 10.0. The number of aliphatic hydroxyl groups excluding tert-OH is 2. The molecule has 4 heteroatoms. The molecule has 2 atom stereocenters. The van der Waals surface area contributed by atoms with Gasteiger partial charge in [0.2, 0.25) is 5.91 Å². The second-order valence-electron chi connectivity index (χ2n) is 15.4. The van der Waals surface area contributed by atoms with Gasteiger partial charge in [0.05, 0.1) is 18.8 Å². The second-order valence-corrected chi connectivity index (χ2v) is 15.4. The highest BCUT2D eigenvalue weighted by Crippen LogP contribution is 2.15. The van der Waals surface area contributed by atoms with Gasteiger partial charge < -0.3 is 15.5 Å². The third kappa shape index (κ3) is 42.5. The second kappa shape index (κ2) is 46.7. The molecule has 1 amide bonds. The number of rotatable bonds is 41. The quantitative estimate of drug-likeness (QED) is 0.0428. The molecule has 3 N–H and O–H groups in total. The van der Waals surface area contributed by atoms with Crippen molar-refractivity contribution in [1.82, 2.24) is 5.32 Å². The minimum absolute atomic E-state index is 0.208. The van der Waals surface area contributed by atoms with Crippen LogP contribution in [0.25, 0.3) is 0 Å². The van der Waals surface area contributed by atoms with Crippen LogP contribution in [0.2, 0.25) is 0 Å². The summed E-state index contributed by atoms with van der Waals surface area (Å²) in [6, 6.07) is -0.706. The normalized spacial score (nSPS) is 13.9. The van der Waals surface area contributed by atoms with Gasteiger partial charge in [0.1, 0.15) is 0 Å². The van der Waals surface area contributed by atoms with Crippen molar-refractivity contribution in [1.29, 1.82) is 0 Å². The Bertz CT molecular complexity index is 1060. The number of carbonyl (C=O) groups is 1.